The average molecular weight is 470 g/mol. The Labute approximate surface area is 200 Å². The lowest BCUT2D eigenvalue weighted by Gasteiger charge is -2.35. The number of fused-ring (bicyclic) bond motifs is 1. The SMILES string of the molecule is CC1=C(CN2C=CC2C(=O)Cl)CCc2cc(OCC(C)(C)Cc3ccc(Cl)cc3)ccc21. The zero-order valence-corrected chi connectivity index (χ0v) is 20.3. The van der Waals surface area contributed by atoms with Gasteiger partial charge in [-0.2, -0.15) is 0 Å². The predicted molar refractivity (Wildman–Crippen MR) is 132 cm³/mol. The zero-order valence-electron chi connectivity index (χ0n) is 18.8. The number of rotatable bonds is 8. The molecule has 3 nitrogen and oxygen atoms in total. The molecule has 168 valence electrons. The normalized spacial score (nSPS) is 17.8. The fraction of sp³-hybridized carbons (Fsp3) is 0.370. The molecule has 5 heteroatoms. The van der Waals surface area contributed by atoms with Crippen LogP contribution in [0.2, 0.25) is 5.02 Å². The van der Waals surface area contributed by atoms with Gasteiger partial charge < -0.3 is 9.64 Å². The van der Waals surface area contributed by atoms with E-state index in [0.717, 1.165) is 36.6 Å². The summed E-state index contributed by atoms with van der Waals surface area (Å²) in [7, 11) is 0. The number of hydrogen-bond acceptors (Lipinski definition) is 3. The van der Waals surface area contributed by atoms with Crippen LogP contribution < -0.4 is 4.74 Å². The van der Waals surface area contributed by atoms with Gasteiger partial charge in [0, 0.05) is 17.0 Å². The van der Waals surface area contributed by atoms with Crippen LogP contribution in [-0.2, 0) is 17.6 Å². The minimum atomic E-state index is -0.317. The van der Waals surface area contributed by atoms with Gasteiger partial charge >= 0.3 is 0 Å². The lowest BCUT2D eigenvalue weighted by molar-refractivity contribution is -0.115. The molecule has 4 rings (SSSR count). The number of carbonyl (C=O) groups is 1. The Morgan fingerprint density at radius 3 is 2.56 bits per heavy atom. The smallest absolute Gasteiger partial charge is 0.248 e. The van der Waals surface area contributed by atoms with E-state index in [4.69, 9.17) is 27.9 Å². The number of benzene rings is 2. The predicted octanol–water partition coefficient (Wildman–Crippen LogP) is 6.67. The van der Waals surface area contributed by atoms with Crippen molar-refractivity contribution in [3.05, 3.63) is 82.0 Å². The van der Waals surface area contributed by atoms with E-state index in [2.05, 4.69) is 51.1 Å². The van der Waals surface area contributed by atoms with Crippen molar-refractivity contribution in [2.45, 2.75) is 46.1 Å². The first-order chi connectivity index (χ1) is 15.2. The number of carbonyl (C=O) groups excluding carboxylic acids is 1. The monoisotopic (exact) mass is 469 g/mol. The molecule has 0 radical (unpaired) electrons. The number of ether oxygens (including phenoxy) is 1. The van der Waals surface area contributed by atoms with Crippen LogP contribution in [0.4, 0.5) is 0 Å². The van der Waals surface area contributed by atoms with Gasteiger partial charge in [0.15, 0.2) is 0 Å². The van der Waals surface area contributed by atoms with E-state index in [-0.39, 0.29) is 16.7 Å². The van der Waals surface area contributed by atoms with E-state index in [1.54, 1.807) is 0 Å². The molecule has 0 spiro atoms. The zero-order chi connectivity index (χ0) is 22.9. The Morgan fingerprint density at radius 1 is 1.16 bits per heavy atom. The molecule has 1 atom stereocenters. The first kappa shape index (κ1) is 22.9. The third-order valence-electron chi connectivity index (χ3n) is 6.36. The molecule has 1 aliphatic heterocycles. The molecule has 0 bridgehead atoms. The summed E-state index contributed by atoms with van der Waals surface area (Å²) in [6.07, 6.45) is 6.68. The highest BCUT2D eigenvalue weighted by atomic mass is 35.5. The Balaban J connectivity index is 1.40. The quantitative estimate of drug-likeness (QED) is 0.404. The molecule has 1 heterocycles. The lowest BCUT2D eigenvalue weighted by atomic mass is 9.85. The molecule has 0 amide bonds. The van der Waals surface area contributed by atoms with Crippen LogP contribution in [0.15, 0.2) is 60.3 Å². The summed E-state index contributed by atoms with van der Waals surface area (Å²) in [5, 5.41) is 0.445. The van der Waals surface area contributed by atoms with Gasteiger partial charge in [-0.25, -0.2) is 0 Å². The van der Waals surface area contributed by atoms with E-state index in [1.807, 2.05) is 29.3 Å². The summed E-state index contributed by atoms with van der Waals surface area (Å²) in [5.74, 6) is 0.919. The first-order valence-corrected chi connectivity index (χ1v) is 11.8. The third kappa shape index (κ3) is 5.22. The minimum Gasteiger partial charge on any atom is -0.493 e. The van der Waals surface area contributed by atoms with Gasteiger partial charge in [0.1, 0.15) is 11.8 Å². The fourth-order valence-corrected chi connectivity index (χ4v) is 4.77. The Bertz CT molecular complexity index is 1070. The van der Waals surface area contributed by atoms with Gasteiger partial charge in [0.25, 0.3) is 0 Å². The van der Waals surface area contributed by atoms with Crippen LogP contribution in [0.5, 0.6) is 5.75 Å². The number of aryl methyl sites for hydroxylation is 1. The highest BCUT2D eigenvalue weighted by molar-refractivity contribution is 6.65. The van der Waals surface area contributed by atoms with E-state index in [1.165, 1.54) is 27.8 Å². The van der Waals surface area contributed by atoms with Gasteiger partial charge in [0.2, 0.25) is 5.24 Å². The van der Waals surface area contributed by atoms with Crippen molar-refractivity contribution in [3.63, 3.8) is 0 Å². The summed E-state index contributed by atoms with van der Waals surface area (Å²) in [6.45, 7) is 8.01. The van der Waals surface area contributed by atoms with Crippen LogP contribution in [0.1, 0.15) is 43.9 Å². The number of nitrogens with zero attached hydrogens (tertiary/aromatic N) is 1. The molecule has 0 aromatic heterocycles. The minimum absolute atomic E-state index is 0.00779. The maximum Gasteiger partial charge on any atom is 0.248 e. The molecule has 2 aliphatic rings. The van der Waals surface area contributed by atoms with Crippen LogP contribution in [0.3, 0.4) is 0 Å². The molecule has 0 fully saturated rings. The number of halogens is 2. The topological polar surface area (TPSA) is 29.5 Å². The molecular weight excluding hydrogens is 441 g/mol. The molecule has 1 aliphatic carbocycles. The van der Waals surface area contributed by atoms with Gasteiger partial charge in [-0.1, -0.05) is 43.6 Å². The Kier molecular flexibility index (Phi) is 6.69. The van der Waals surface area contributed by atoms with Crippen molar-refractivity contribution in [2.24, 2.45) is 5.41 Å². The van der Waals surface area contributed by atoms with Gasteiger partial charge in [-0.15, -0.1) is 0 Å². The van der Waals surface area contributed by atoms with Crippen LogP contribution in [0, 0.1) is 5.41 Å². The summed E-state index contributed by atoms with van der Waals surface area (Å²) < 4.78 is 6.21. The second kappa shape index (κ2) is 9.33. The molecule has 2 aromatic rings. The van der Waals surface area contributed by atoms with Crippen LogP contribution >= 0.6 is 23.2 Å². The van der Waals surface area contributed by atoms with Crippen molar-refractivity contribution in [2.75, 3.05) is 13.2 Å². The van der Waals surface area contributed by atoms with Crippen molar-refractivity contribution in [1.82, 2.24) is 4.90 Å². The first-order valence-electron chi connectivity index (χ1n) is 11.0. The second-order valence-electron chi connectivity index (χ2n) is 9.57. The van der Waals surface area contributed by atoms with Crippen molar-refractivity contribution in [1.29, 1.82) is 0 Å². The highest BCUT2D eigenvalue weighted by Gasteiger charge is 2.28. The highest BCUT2D eigenvalue weighted by Crippen LogP contribution is 2.35. The summed E-state index contributed by atoms with van der Waals surface area (Å²) in [4.78, 5) is 13.5. The standard InChI is InChI=1S/C27H29Cl2NO2/c1-18-21(16-30-13-12-25(30)26(29)31)7-6-20-14-23(10-11-24(18)20)32-17-27(2,3)15-19-4-8-22(28)9-5-19/h4-5,8-14,25H,6-7,15-17H2,1-3H3. The van der Waals surface area contributed by atoms with E-state index < -0.39 is 0 Å². The molecule has 2 aromatic carbocycles. The van der Waals surface area contributed by atoms with E-state index in [0.29, 0.717) is 6.61 Å². The molecule has 0 saturated heterocycles. The van der Waals surface area contributed by atoms with Crippen molar-refractivity contribution in [3.8, 4) is 5.75 Å². The fourth-order valence-electron chi connectivity index (χ4n) is 4.45. The summed E-state index contributed by atoms with van der Waals surface area (Å²) >= 11 is 11.7. The summed E-state index contributed by atoms with van der Waals surface area (Å²) in [5.41, 5.74) is 6.52. The number of hydrogen-bond donors (Lipinski definition) is 0. The number of allylic oxidation sites excluding steroid dienone is 1. The molecule has 0 N–H and O–H groups in total. The van der Waals surface area contributed by atoms with Crippen LogP contribution in [0.25, 0.3) is 5.57 Å². The van der Waals surface area contributed by atoms with E-state index in [9.17, 15) is 4.79 Å². The largest absolute Gasteiger partial charge is 0.493 e. The van der Waals surface area contributed by atoms with Gasteiger partial charge in [0.05, 0.1) is 6.61 Å². The molecular formula is C27H29Cl2NO2. The maximum atomic E-state index is 11.5. The molecule has 0 saturated carbocycles. The average Bonchev–Trinajstić information content (AvgIpc) is 2.72. The summed E-state index contributed by atoms with van der Waals surface area (Å²) in [6, 6.07) is 14.2. The second-order valence-corrected chi connectivity index (χ2v) is 10.4. The van der Waals surface area contributed by atoms with Crippen molar-refractivity contribution < 1.29 is 9.53 Å². The maximum absolute atomic E-state index is 11.5. The Hall–Kier alpha value is -2.23. The van der Waals surface area contributed by atoms with Gasteiger partial charge in [-0.3, -0.25) is 4.79 Å². The third-order valence-corrected chi connectivity index (χ3v) is 6.83. The van der Waals surface area contributed by atoms with Gasteiger partial charge in [-0.05, 0) is 102 Å². The van der Waals surface area contributed by atoms with E-state index >= 15 is 0 Å². The lowest BCUT2D eigenvalue weighted by Crippen LogP contribution is -2.42. The molecule has 1 unspecified atom stereocenters. The van der Waals surface area contributed by atoms with Crippen LogP contribution in [-0.4, -0.2) is 29.3 Å². The Morgan fingerprint density at radius 2 is 1.91 bits per heavy atom. The molecule has 32 heavy (non-hydrogen) atoms. The van der Waals surface area contributed by atoms with Crippen molar-refractivity contribution >= 4 is 34.0 Å².